The van der Waals surface area contributed by atoms with Crippen LogP contribution in [0.3, 0.4) is 0 Å². The Morgan fingerprint density at radius 1 is 1.45 bits per heavy atom. The third-order valence-electron chi connectivity index (χ3n) is 2.66. The first-order valence-corrected chi connectivity index (χ1v) is 6.86. The molecule has 5 nitrogen and oxygen atoms in total. The molecule has 0 aliphatic carbocycles. The van der Waals surface area contributed by atoms with E-state index in [2.05, 4.69) is 15.9 Å². The zero-order valence-electron chi connectivity index (χ0n) is 11.3. The number of carbonyl (C=O) groups is 2. The lowest BCUT2D eigenvalue weighted by molar-refractivity contribution is -0.131. The molecular weight excluding hydrogens is 324 g/mol. The van der Waals surface area contributed by atoms with E-state index in [9.17, 15) is 9.59 Å². The number of benzene rings is 1. The van der Waals surface area contributed by atoms with E-state index in [4.69, 9.17) is 10.8 Å². The Kier molecular flexibility index (Phi) is 5.76. The van der Waals surface area contributed by atoms with Crippen LogP contribution in [0.4, 0.5) is 5.69 Å². The summed E-state index contributed by atoms with van der Waals surface area (Å²) >= 11 is 3.38. The second-order valence-electron chi connectivity index (χ2n) is 4.56. The van der Waals surface area contributed by atoms with Crippen LogP contribution in [-0.4, -0.2) is 29.6 Å². The fraction of sp³-hybridized carbons (Fsp3) is 0.286. The number of rotatable bonds is 6. The molecule has 0 atom stereocenters. The number of carboxylic acid groups (broad SMARTS) is 1. The van der Waals surface area contributed by atoms with Gasteiger partial charge >= 0.3 is 5.97 Å². The van der Waals surface area contributed by atoms with Crippen LogP contribution in [0.2, 0.25) is 0 Å². The van der Waals surface area contributed by atoms with Gasteiger partial charge in [-0.15, -0.1) is 0 Å². The van der Waals surface area contributed by atoms with E-state index in [0.717, 1.165) is 16.2 Å². The zero-order valence-corrected chi connectivity index (χ0v) is 12.9. The molecule has 20 heavy (non-hydrogen) atoms. The number of aliphatic carboxylic acids is 1. The van der Waals surface area contributed by atoms with Gasteiger partial charge in [0.15, 0.2) is 0 Å². The summed E-state index contributed by atoms with van der Waals surface area (Å²) in [5, 5.41) is 8.73. The quantitative estimate of drug-likeness (QED) is 0.778. The molecule has 0 aliphatic heterocycles. The zero-order chi connectivity index (χ0) is 15.3. The summed E-state index contributed by atoms with van der Waals surface area (Å²) < 4.78 is 0.843. The normalized spacial score (nSPS) is 11.0. The Balaban J connectivity index is 3.27. The standard InChI is InChI=1S/C14H17BrN2O3/c1-9(2)17(8-13(16)18)12-7-11(15)5-3-10(12)4-6-14(19)20/h3-7,9H,8H2,1-2H3,(H2,16,18)(H,19,20). The number of halogens is 1. The Bertz CT molecular complexity index is 541. The molecule has 1 amide bonds. The predicted molar refractivity (Wildman–Crippen MR) is 82.5 cm³/mol. The molecule has 0 aliphatic rings. The fourth-order valence-electron chi connectivity index (χ4n) is 1.78. The molecule has 1 aromatic carbocycles. The van der Waals surface area contributed by atoms with Crippen molar-refractivity contribution in [1.82, 2.24) is 0 Å². The van der Waals surface area contributed by atoms with Gasteiger partial charge in [0.2, 0.25) is 5.91 Å². The second kappa shape index (κ2) is 7.09. The second-order valence-corrected chi connectivity index (χ2v) is 5.48. The van der Waals surface area contributed by atoms with Crippen LogP contribution in [0.25, 0.3) is 6.08 Å². The number of nitrogens with zero attached hydrogens (tertiary/aromatic N) is 1. The molecular formula is C14H17BrN2O3. The lowest BCUT2D eigenvalue weighted by Gasteiger charge is -2.29. The van der Waals surface area contributed by atoms with Crippen molar-refractivity contribution in [2.75, 3.05) is 11.4 Å². The average molecular weight is 341 g/mol. The van der Waals surface area contributed by atoms with E-state index in [1.807, 2.05) is 30.9 Å². The molecule has 0 fully saturated rings. The lowest BCUT2D eigenvalue weighted by Crippen LogP contribution is -2.39. The maximum Gasteiger partial charge on any atom is 0.328 e. The minimum absolute atomic E-state index is 0.0498. The van der Waals surface area contributed by atoms with E-state index < -0.39 is 11.9 Å². The molecule has 1 rings (SSSR count). The van der Waals surface area contributed by atoms with Crippen molar-refractivity contribution >= 4 is 39.6 Å². The number of hydrogen-bond donors (Lipinski definition) is 2. The van der Waals surface area contributed by atoms with Gasteiger partial charge in [-0.1, -0.05) is 22.0 Å². The van der Waals surface area contributed by atoms with Crippen molar-refractivity contribution in [2.24, 2.45) is 5.73 Å². The molecule has 0 saturated heterocycles. The highest BCUT2D eigenvalue weighted by atomic mass is 79.9. The fourth-order valence-corrected chi connectivity index (χ4v) is 2.13. The summed E-state index contributed by atoms with van der Waals surface area (Å²) in [4.78, 5) is 23.7. The van der Waals surface area contributed by atoms with E-state index in [1.165, 1.54) is 6.08 Å². The third kappa shape index (κ3) is 4.70. The SMILES string of the molecule is CC(C)N(CC(N)=O)c1cc(Br)ccc1C=CC(=O)O. The van der Waals surface area contributed by atoms with Crippen LogP contribution in [0, 0.1) is 0 Å². The molecule has 108 valence electrons. The largest absolute Gasteiger partial charge is 0.478 e. The van der Waals surface area contributed by atoms with Crippen LogP contribution in [-0.2, 0) is 9.59 Å². The molecule has 0 heterocycles. The van der Waals surface area contributed by atoms with Gasteiger partial charge in [-0.2, -0.15) is 0 Å². The number of nitrogens with two attached hydrogens (primary N) is 1. The van der Waals surface area contributed by atoms with Gasteiger partial charge in [-0.25, -0.2) is 4.79 Å². The third-order valence-corrected chi connectivity index (χ3v) is 3.15. The summed E-state index contributed by atoms with van der Waals surface area (Å²) in [6.07, 6.45) is 2.57. The summed E-state index contributed by atoms with van der Waals surface area (Å²) in [7, 11) is 0. The Labute approximate surface area is 126 Å². The van der Waals surface area contributed by atoms with Gasteiger partial charge in [0.25, 0.3) is 0 Å². The van der Waals surface area contributed by atoms with Gasteiger partial charge in [-0.3, -0.25) is 4.79 Å². The Morgan fingerprint density at radius 2 is 2.10 bits per heavy atom. The van der Waals surface area contributed by atoms with Crippen molar-refractivity contribution in [1.29, 1.82) is 0 Å². The van der Waals surface area contributed by atoms with Gasteiger partial charge < -0.3 is 15.7 Å². The summed E-state index contributed by atoms with van der Waals surface area (Å²) in [6, 6.07) is 5.49. The first-order chi connectivity index (χ1) is 9.31. The van der Waals surface area contributed by atoms with E-state index in [-0.39, 0.29) is 12.6 Å². The number of primary amides is 1. The molecule has 0 saturated carbocycles. The summed E-state index contributed by atoms with van der Waals surface area (Å²) in [5.74, 6) is -1.46. The summed E-state index contributed by atoms with van der Waals surface area (Å²) in [5.41, 5.74) is 6.74. The molecule has 1 aromatic rings. The van der Waals surface area contributed by atoms with Crippen molar-refractivity contribution in [3.8, 4) is 0 Å². The molecule has 6 heteroatoms. The first kappa shape index (κ1) is 16.2. The van der Waals surface area contributed by atoms with Crippen LogP contribution >= 0.6 is 15.9 Å². The first-order valence-electron chi connectivity index (χ1n) is 6.06. The molecule has 3 N–H and O–H groups in total. The molecule has 0 aromatic heterocycles. The lowest BCUT2D eigenvalue weighted by atomic mass is 10.1. The molecule has 0 radical (unpaired) electrons. The van der Waals surface area contributed by atoms with Crippen LogP contribution in [0.15, 0.2) is 28.7 Å². The number of anilines is 1. The predicted octanol–water partition coefficient (Wildman–Crippen LogP) is 2.25. The molecule has 0 bridgehead atoms. The van der Waals surface area contributed by atoms with E-state index >= 15 is 0 Å². The van der Waals surface area contributed by atoms with Gasteiger partial charge in [0.05, 0.1) is 6.54 Å². The van der Waals surface area contributed by atoms with Crippen molar-refractivity contribution in [2.45, 2.75) is 19.9 Å². The minimum Gasteiger partial charge on any atom is -0.478 e. The van der Waals surface area contributed by atoms with Crippen molar-refractivity contribution in [3.05, 3.63) is 34.3 Å². The smallest absolute Gasteiger partial charge is 0.328 e. The maximum atomic E-state index is 11.2. The van der Waals surface area contributed by atoms with Crippen LogP contribution < -0.4 is 10.6 Å². The van der Waals surface area contributed by atoms with Crippen LogP contribution in [0.1, 0.15) is 19.4 Å². The maximum absolute atomic E-state index is 11.2. The van der Waals surface area contributed by atoms with Crippen molar-refractivity contribution < 1.29 is 14.7 Å². The van der Waals surface area contributed by atoms with Crippen molar-refractivity contribution in [3.63, 3.8) is 0 Å². The number of amides is 1. The Morgan fingerprint density at radius 3 is 2.60 bits per heavy atom. The summed E-state index contributed by atoms with van der Waals surface area (Å²) in [6.45, 7) is 3.95. The number of carboxylic acids is 1. The number of hydrogen-bond acceptors (Lipinski definition) is 3. The minimum atomic E-state index is -1.02. The Hall–Kier alpha value is -1.82. The van der Waals surface area contributed by atoms with E-state index in [1.54, 1.807) is 6.07 Å². The highest BCUT2D eigenvalue weighted by Crippen LogP contribution is 2.27. The van der Waals surface area contributed by atoms with Gasteiger partial charge in [0, 0.05) is 22.3 Å². The topological polar surface area (TPSA) is 83.6 Å². The number of carbonyl (C=O) groups excluding carboxylic acids is 1. The van der Waals surface area contributed by atoms with Gasteiger partial charge in [0.1, 0.15) is 0 Å². The average Bonchev–Trinajstić information content (AvgIpc) is 2.33. The highest BCUT2D eigenvalue weighted by molar-refractivity contribution is 9.10. The van der Waals surface area contributed by atoms with Crippen LogP contribution in [0.5, 0.6) is 0 Å². The van der Waals surface area contributed by atoms with E-state index in [0.29, 0.717) is 5.56 Å². The monoisotopic (exact) mass is 340 g/mol. The molecule has 0 spiro atoms. The highest BCUT2D eigenvalue weighted by Gasteiger charge is 2.16. The molecule has 0 unspecified atom stereocenters. The van der Waals surface area contributed by atoms with Gasteiger partial charge in [-0.05, 0) is 37.6 Å².